The van der Waals surface area contributed by atoms with E-state index < -0.39 is 11.8 Å². The highest BCUT2D eigenvalue weighted by molar-refractivity contribution is 6.18. The van der Waals surface area contributed by atoms with Gasteiger partial charge in [-0.05, 0) is 24.3 Å². The monoisotopic (exact) mass is 290 g/mol. The van der Waals surface area contributed by atoms with Gasteiger partial charge in [-0.25, -0.2) is 0 Å². The van der Waals surface area contributed by atoms with Crippen molar-refractivity contribution in [2.75, 3.05) is 0 Å². The summed E-state index contributed by atoms with van der Waals surface area (Å²) in [6.45, 7) is 0. The minimum absolute atomic E-state index is 0.110. The van der Waals surface area contributed by atoms with Crippen molar-refractivity contribution in [1.82, 2.24) is 5.32 Å². The summed E-state index contributed by atoms with van der Waals surface area (Å²) in [5.41, 5.74) is 1.01. The Labute approximate surface area is 126 Å². The number of imide groups is 1. The lowest BCUT2D eigenvalue weighted by molar-refractivity contribution is -0.126. The number of nitriles is 1. The summed E-state index contributed by atoms with van der Waals surface area (Å²) in [5, 5.41) is 11.0. The first-order chi connectivity index (χ1) is 10.7. The molecule has 0 aliphatic carbocycles. The summed E-state index contributed by atoms with van der Waals surface area (Å²) in [7, 11) is 0. The highest BCUT2D eigenvalue weighted by Gasteiger charge is 2.22. The van der Waals surface area contributed by atoms with Gasteiger partial charge in [-0.3, -0.25) is 14.9 Å². The number of carbonyl (C=O) groups excluding carboxylic acids is 2. The van der Waals surface area contributed by atoms with Gasteiger partial charge in [0, 0.05) is 11.1 Å². The second kappa shape index (κ2) is 5.54. The Morgan fingerprint density at radius 3 is 2.55 bits per heavy atom. The molecule has 0 saturated heterocycles. The molecule has 0 fully saturated rings. The second-order valence-corrected chi connectivity index (χ2v) is 4.62. The van der Waals surface area contributed by atoms with Crippen LogP contribution in [0.4, 0.5) is 0 Å². The summed E-state index contributed by atoms with van der Waals surface area (Å²) in [6, 6.07) is 14.8. The van der Waals surface area contributed by atoms with Crippen LogP contribution in [-0.2, 0) is 9.59 Å². The van der Waals surface area contributed by atoms with Crippen LogP contribution in [0.1, 0.15) is 5.76 Å². The number of amides is 2. The lowest BCUT2D eigenvalue weighted by atomic mass is 10.1. The van der Waals surface area contributed by atoms with Gasteiger partial charge in [0.25, 0.3) is 11.8 Å². The fraction of sp³-hybridized carbons (Fsp3) is 0. The van der Waals surface area contributed by atoms with Crippen molar-refractivity contribution in [3.63, 3.8) is 0 Å². The number of hydrogen-bond donors (Lipinski definition) is 1. The Morgan fingerprint density at radius 2 is 1.82 bits per heavy atom. The molecule has 106 valence electrons. The summed E-state index contributed by atoms with van der Waals surface area (Å²) in [6.07, 6.45) is 2.75. The predicted octanol–water partition coefficient (Wildman–Crippen LogP) is 2.44. The van der Waals surface area contributed by atoms with Crippen LogP contribution in [0.15, 0.2) is 64.1 Å². The van der Waals surface area contributed by atoms with Gasteiger partial charge in [0.1, 0.15) is 23.2 Å². The zero-order valence-corrected chi connectivity index (χ0v) is 11.4. The topological polar surface area (TPSA) is 83.1 Å². The predicted molar refractivity (Wildman–Crippen MR) is 79.0 cm³/mol. The first-order valence-corrected chi connectivity index (χ1v) is 6.52. The van der Waals surface area contributed by atoms with Crippen molar-refractivity contribution in [2.45, 2.75) is 0 Å². The Balaban J connectivity index is 1.95. The molecule has 2 heterocycles. The molecule has 5 nitrogen and oxygen atoms in total. The molecular formula is C17H10N2O3. The molecule has 0 radical (unpaired) electrons. The summed E-state index contributed by atoms with van der Waals surface area (Å²) >= 11 is 0. The minimum Gasteiger partial charge on any atom is -0.457 e. The Kier molecular flexibility index (Phi) is 3.42. The lowest BCUT2D eigenvalue weighted by Gasteiger charge is -2.09. The molecule has 1 aromatic carbocycles. The van der Waals surface area contributed by atoms with Crippen molar-refractivity contribution in [1.29, 1.82) is 5.26 Å². The normalized spacial score (nSPS) is 16.1. The molecule has 0 atom stereocenters. The van der Waals surface area contributed by atoms with Gasteiger partial charge >= 0.3 is 0 Å². The molecule has 0 unspecified atom stereocenters. The molecule has 1 aliphatic heterocycles. The first kappa shape index (κ1) is 13.6. The van der Waals surface area contributed by atoms with E-state index in [0.717, 1.165) is 5.56 Å². The van der Waals surface area contributed by atoms with Gasteiger partial charge in [-0.1, -0.05) is 30.3 Å². The quantitative estimate of drug-likeness (QED) is 0.680. The third-order valence-corrected chi connectivity index (χ3v) is 3.14. The summed E-state index contributed by atoms with van der Waals surface area (Å²) in [5.74, 6) is -0.105. The number of nitrogens with one attached hydrogen (secondary N) is 1. The number of nitrogens with zero attached hydrogens (tertiary/aromatic N) is 1. The average Bonchev–Trinajstić information content (AvgIpc) is 2.99. The molecule has 2 amide bonds. The van der Waals surface area contributed by atoms with E-state index >= 15 is 0 Å². The zero-order chi connectivity index (χ0) is 15.5. The summed E-state index contributed by atoms with van der Waals surface area (Å²) < 4.78 is 5.66. The molecule has 1 N–H and O–H groups in total. The van der Waals surface area contributed by atoms with Gasteiger partial charge in [0.05, 0.1) is 0 Å². The smallest absolute Gasteiger partial charge is 0.268 e. The van der Waals surface area contributed by atoms with E-state index in [4.69, 9.17) is 9.68 Å². The van der Waals surface area contributed by atoms with E-state index in [2.05, 4.69) is 5.32 Å². The van der Waals surface area contributed by atoms with Crippen LogP contribution >= 0.6 is 0 Å². The number of carbonyl (C=O) groups is 2. The molecule has 1 aliphatic rings. The highest BCUT2D eigenvalue weighted by Crippen LogP contribution is 2.23. The van der Waals surface area contributed by atoms with E-state index in [0.29, 0.717) is 11.5 Å². The van der Waals surface area contributed by atoms with E-state index in [1.807, 2.05) is 30.3 Å². The molecule has 0 saturated carbocycles. The molecule has 0 bridgehead atoms. The van der Waals surface area contributed by atoms with Gasteiger partial charge in [-0.15, -0.1) is 0 Å². The molecule has 22 heavy (non-hydrogen) atoms. The van der Waals surface area contributed by atoms with Gasteiger partial charge in [0.2, 0.25) is 0 Å². The standard InChI is InChI=1S/C17H10N2O3/c18-10-13-8-12(16(20)19-17(13)21)9-14-6-7-15(22-14)11-4-2-1-3-5-11/h1-9H,(H,19,20,21)/b12-9-. The maximum Gasteiger partial charge on any atom is 0.268 e. The van der Waals surface area contributed by atoms with E-state index in [1.165, 1.54) is 12.2 Å². The van der Waals surface area contributed by atoms with E-state index in [1.54, 1.807) is 18.2 Å². The Hall–Kier alpha value is -3.39. The lowest BCUT2D eigenvalue weighted by Crippen LogP contribution is -2.35. The molecule has 5 heteroatoms. The van der Waals surface area contributed by atoms with E-state index in [-0.39, 0.29) is 11.1 Å². The third kappa shape index (κ3) is 2.58. The highest BCUT2D eigenvalue weighted by atomic mass is 16.3. The van der Waals surface area contributed by atoms with E-state index in [9.17, 15) is 9.59 Å². The average molecular weight is 290 g/mol. The maximum atomic E-state index is 11.8. The van der Waals surface area contributed by atoms with Crippen LogP contribution in [0.3, 0.4) is 0 Å². The molecule has 2 aromatic rings. The SMILES string of the molecule is N#CC1=C/C(=C/c2ccc(-c3ccccc3)o2)C(=O)NC1=O. The molecule has 1 aromatic heterocycles. The molecule has 3 rings (SSSR count). The van der Waals surface area contributed by atoms with Crippen molar-refractivity contribution < 1.29 is 14.0 Å². The van der Waals surface area contributed by atoms with Crippen molar-refractivity contribution in [2.24, 2.45) is 0 Å². The van der Waals surface area contributed by atoms with Crippen LogP contribution in [0, 0.1) is 11.3 Å². The third-order valence-electron chi connectivity index (χ3n) is 3.14. The number of furan rings is 1. The van der Waals surface area contributed by atoms with Crippen LogP contribution < -0.4 is 5.32 Å². The van der Waals surface area contributed by atoms with Crippen LogP contribution in [-0.4, -0.2) is 11.8 Å². The van der Waals surface area contributed by atoms with Gasteiger partial charge < -0.3 is 4.42 Å². The minimum atomic E-state index is -0.686. The molecular weight excluding hydrogens is 280 g/mol. The Bertz CT molecular complexity index is 852. The molecule has 0 spiro atoms. The zero-order valence-electron chi connectivity index (χ0n) is 11.4. The largest absolute Gasteiger partial charge is 0.457 e. The number of hydrogen-bond acceptors (Lipinski definition) is 4. The summed E-state index contributed by atoms with van der Waals surface area (Å²) in [4.78, 5) is 23.1. The van der Waals surface area contributed by atoms with Crippen LogP contribution in [0.25, 0.3) is 17.4 Å². The van der Waals surface area contributed by atoms with Crippen LogP contribution in [0.5, 0.6) is 0 Å². The van der Waals surface area contributed by atoms with Crippen LogP contribution in [0.2, 0.25) is 0 Å². The van der Waals surface area contributed by atoms with Crippen molar-refractivity contribution in [3.05, 3.63) is 65.4 Å². The fourth-order valence-electron chi connectivity index (χ4n) is 2.06. The maximum absolute atomic E-state index is 11.8. The van der Waals surface area contributed by atoms with Gasteiger partial charge in [-0.2, -0.15) is 5.26 Å². The van der Waals surface area contributed by atoms with Crippen molar-refractivity contribution >= 4 is 17.9 Å². The first-order valence-electron chi connectivity index (χ1n) is 6.52. The Morgan fingerprint density at radius 1 is 1.05 bits per heavy atom. The number of rotatable bonds is 2. The fourth-order valence-corrected chi connectivity index (χ4v) is 2.06. The number of benzene rings is 1. The second-order valence-electron chi connectivity index (χ2n) is 4.62. The van der Waals surface area contributed by atoms with Crippen molar-refractivity contribution in [3.8, 4) is 17.4 Å². The van der Waals surface area contributed by atoms with Gasteiger partial charge in [0.15, 0.2) is 0 Å².